The number of anilines is 1. The van der Waals surface area contributed by atoms with Crippen molar-refractivity contribution >= 4 is 11.6 Å². The molecule has 0 heterocycles. The Kier molecular flexibility index (Phi) is 5.22. The molecular weight excluding hydrogens is 248 g/mol. The number of carbonyl (C=O) groups excluding carboxylic acids is 1. The Morgan fingerprint density at radius 2 is 1.90 bits per heavy atom. The zero-order valence-corrected chi connectivity index (χ0v) is 12.2. The fourth-order valence-corrected chi connectivity index (χ4v) is 2.62. The van der Waals surface area contributed by atoms with Gasteiger partial charge in [-0.2, -0.15) is 0 Å². The van der Waals surface area contributed by atoms with Crippen LogP contribution in [0.15, 0.2) is 36.9 Å². The van der Waals surface area contributed by atoms with Crippen molar-refractivity contribution in [3.8, 4) is 0 Å². The van der Waals surface area contributed by atoms with E-state index < -0.39 is 0 Å². The molecule has 1 saturated carbocycles. The molecule has 3 heteroatoms. The predicted molar refractivity (Wildman–Crippen MR) is 84.0 cm³/mol. The lowest BCUT2D eigenvalue weighted by Crippen LogP contribution is -2.25. The molecule has 0 unspecified atom stereocenters. The van der Waals surface area contributed by atoms with Crippen molar-refractivity contribution in [2.24, 2.45) is 5.92 Å². The molecule has 1 aromatic carbocycles. The molecule has 1 fully saturated rings. The second-order valence-corrected chi connectivity index (χ2v) is 5.68. The van der Waals surface area contributed by atoms with Crippen LogP contribution >= 0.6 is 0 Å². The summed E-state index contributed by atoms with van der Waals surface area (Å²) in [6, 6.07) is 8.28. The summed E-state index contributed by atoms with van der Waals surface area (Å²) in [5.74, 6) is 0.812. The van der Waals surface area contributed by atoms with Crippen molar-refractivity contribution in [3.63, 3.8) is 0 Å². The first-order chi connectivity index (χ1) is 9.69. The zero-order chi connectivity index (χ0) is 14.4. The van der Waals surface area contributed by atoms with Gasteiger partial charge in [-0.25, -0.2) is 0 Å². The molecule has 2 N–H and O–H groups in total. The first-order valence-corrected chi connectivity index (χ1v) is 7.44. The fourth-order valence-electron chi connectivity index (χ4n) is 2.62. The van der Waals surface area contributed by atoms with Crippen LogP contribution in [0.25, 0.3) is 0 Å². The lowest BCUT2D eigenvalue weighted by molar-refractivity contribution is 0.0958. The van der Waals surface area contributed by atoms with Crippen molar-refractivity contribution in [1.82, 2.24) is 5.32 Å². The van der Waals surface area contributed by atoms with Crippen LogP contribution in [-0.4, -0.2) is 18.5 Å². The molecule has 1 aliphatic carbocycles. The van der Waals surface area contributed by atoms with Gasteiger partial charge < -0.3 is 10.6 Å². The maximum absolute atomic E-state index is 11.8. The number of nitrogens with one attached hydrogen (secondary N) is 2. The summed E-state index contributed by atoms with van der Waals surface area (Å²) >= 11 is 0. The van der Waals surface area contributed by atoms with E-state index in [1.807, 2.05) is 24.3 Å². The summed E-state index contributed by atoms with van der Waals surface area (Å²) in [6.45, 7) is 6.41. The molecule has 108 valence electrons. The van der Waals surface area contributed by atoms with Gasteiger partial charge in [-0.1, -0.05) is 13.0 Å². The van der Waals surface area contributed by atoms with E-state index in [0.717, 1.165) is 11.6 Å². The molecule has 20 heavy (non-hydrogen) atoms. The van der Waals surface area contributed by atoms with Gasteiger partial charge in [-0.15, -0.1) is 6.58 Å². The van der Waals surface area contributed by atoms with Crippen LogP contribution in [0.2, 0.25) is 0 Å². The number of carbonyl (C=O) groups is 1. The Hall–Kier alpha value is -1.77. The van der Waals surface area contributed by atoms with Gasteiger partial charge in [0.1, 0.15) is 0 Å². The van der Waals surface area contributed by atoms with Gasteiger partial charge in [-0.05, 0) is 55.9 Å². The van der Waals surface area contributed by atoms with E-state index >= 15 is 0 Å². The van der Waals surface area contributed by atoms with Gasteiger partial charge >= 0.3 is 0 Å². The highest BCUT2D eigenvalue weighted by atomic mass is 16.1. The topological polar surface area (TPSA) is 41.1 Å². The van der Waals surface area contributed by atoms with Gasteiger partial charge in [0.05, 0.1) is 0 Å². The number of hydrogen-bond donors (Lipinski definition) is 2. The molecule has 0 atom stereocenters. The van der Waals surface area contributed by atoms with Gasteiger partial charge in [0.15, 0.2) is 0 Å². The number of benzene rings is 1. The van der Waals surface area contributed by atoms with E-state index in [2.05, 4.69) is 24.1 Å². The molecule has 1 amide bonds. The number of hydrogen-bond acceptors (Lipinski definition) is 2. The molecule has 0 saturated heterocycles. The third-order valence-electron chi connectivity index (χ3n) is 3.94. The Bertz CT molecular complexity index is 445. The summed E-state index contributed by atoms with van der Waals surface area (Å²) in [4.78, 5) is 11.8. The van der Waals surface area contributed by atoms with E-state index in [1.165, 1.54) is 25.7 Å². The molecule has 0 aliphatic heterocycles. The lowest BCUT2D eigenvalue weighted by Gasteiger charge is -2.27. The SMILES string of the molecule is C=CCNC(=O)c1ccc(NC2CCC(C)CC2)cc1. The summed E-state index contributed by atoms with van der Waals surface area (Å²) in [5, 5.41) is 6.34. The standard InChI is InChI=1S/C17H24N2O/c1-3-12-18-17(20)14-6-10-16(11-7-14)19-15-8-4-13(2)5-9-15/h3,6-7,10-11,13,15,19H,1,4-5,8-9,12H2,2H3,(H,18,20). The van der Waals surface area contributed by atoms with Crippen molar-refractivity contribution < 1.29 is 4.79 Å². The van der Waals surface area contributed by atoms with E-state index in [0.29, 0.717) is 18.2 Å². The van der Waals surface area contributed by atoms with Crippen LogP contribution in [0, 0.1) is 5.92 Å². The maximum Gasteiger partial charge on any atom is 0.251 e. The van der Waals surface area contributed by atoms with Crippen LogP contribution < -0.4 is 10.6 Å². The van der Waals surface area contributed by atoms with Gasteiger partial charge in [0.25, 0.3) is 5.91 Å². The fraction of sp³-hybridized carbons (Fsp3) is 0.471. The molecule has 0 bridgehead atoms. The van der Waals surface area contributed by atoms with Gasteiger partial charge in [0, 0.05) is 23.8 Å². The first-order valence-electron chi connectivity index (χ1n) is 7.44. The molecule has 1 aliphatic rings. The second kappa shape index (κ2) is 7.13. The third-order valence-corrected chi connectivity index (χ3v) is 3.94. The van der Waals surface area contributed by atoms with Gasteiger partial charge in [0.2, 0.25) is 0 Å². The van der Waals surface area contributed by atoms with E-state index in [9.17, 15) is 4.79 Å². The third kappa shape index (κ3) is 4.12. The second-order valence-electron chi connectivity index (χ2n) is 5.68. The zero-order valence-electron chi connectivity index (χ0n) is 12.2. The quantitative estimate of drug-likeness (QED) is 0.804. The summed E-state index contributed by atoms with van der Waals surface area (Å²) in [7, 11) is 0. The van der Waals surface area contributed by atoms with Crippen molar-refractivity contribution in [3.05, 3.63) is 42.5 Å². The smallest absolute Gasteiger partial charge is 0.251 e. The van der Waals surface area contributed by atoms with Crippen LogP contribution in [0.5, 0.6) is 0 Å². The lowest BCUT2D eigenvalue weighted by atomic mass is 9.87. The summed E-state index contributed by atoms with van der Waals surface area (Å²) in [5.41, 5.74) is 1.79. The van der Waals surface area contributed by atoms with E-state index in [4.69, 9.17) is 0 Å². The number of rotatable bonds is 5. The molecular formula is C17H24N2O. The van der Waals surface area contributed by atoms with Crippen LogP contribution in [0.4, 0.5) is 5.69 Å². The largest absolute Gasteiger partial charge is 0.382 e. The van der Waals surface area contributed by atoms with Crippen LogP contribution in [0.3, 0.4) is 0 Å². The molecule has 0 aromatic heterocycles. The molecule has 2 rings (SSSR count). The van der Waals surface area contributed by atoms with Crippen LogP contribution in [0.1, 0.15) is 43.0 Å². The number of amides is 1. The minimum absolute atomic E-state index is 0.0528. The van der Waals surface area contributed by atoms with E-state index in [-0.39, 0.29) is 5.91 Å². The molecule has 1 aromatic rings. The molecule has 3 nitrogen and oxygen atoms in total. The highest BCUT2D eigenvalue weighted by molar-refractivity contribution is 5.94. The average Bonchev–Trinajstić information content (AvgIpc) is 2.48. The minimum atomic E-state index is -0.0528. The Balaban J connectivity index is 1.88. The van der Waals surface area contributed by atoms with Crippen molar-refractivity contribution in [2.75, 3.05) is 11.9 Å². The monoisotopic (exact) mass is 272 g/mol. The minimum Gasteiger partial charge on any atom is -0.382 e. The highest BCUT2D eigenvalue weighted by Crippen LogP contribution is 2.26. The highest BCUT2D eigenvalue weighted by Gasteiger charge is 2.17. The molecule has 0 spiro atoms. The van der Waals surface area contributed by atoms with E-state index in [1.54, 1.807) is 6.08 Å². The normalized spacial score (nSPS) is 22.1. The summed E-state index contributed by atoms with van der Waals surface area (Å²) < 4.78 is 0. The Labute approximate surface area is 121 Å². The van der Waals surface area contributed by atoms with Crippen LogP contribution in [-0.2, 0) is 0 Å². The van der Waals surface area contributed by atoms with Gasteiger partial charge in [-0.3, -0.25) is 4.79 Å². The molecule has 0 radical (unpaired) electrons. The first kappa shape index (κ1) is 14.6. The Morgan fingerprint density at radius 3 is 2.50 bits per heavy atom. The van der Waals surface area contributed by atoms with Crippen molar-refractivity contribution in [2.45, 2.75) is 38.6 Å². The Morgan fingerprint density at radius 1 is 1.25 bits per heavy atom. The average molecular weight is 272 g/mol. The maximum atomic E-state index is 11.8. The predicted octanol–water partition coefficient (Wildman–Crippen LogP) is 3.59. The summed E-state index contributed by atoms with van der Waals surface area (Å²) in [6.07, 6.45) is 6.77. The van der Waals surface area contributed by atoms with Crippen molar-refractivity contribution in [1.29, 1.82) is 0 Å².